The van der Waals surface area contributed by atoms with Crippen LogP contribution in [0.1, 0.15) is 5.56 Å². The first-order chi connectivity index (χ1) is 9.21. The summed E-state index contributed by atoms with van der Waals surface area (Å²) in [4.78, 5) is 12.3. The molecule has 2 N–H and O–H groups in total. The monoisotopic (exact) mass is 279 g/mol. The molecule has 0 fully saturated rings. The fourth-order valence-electron chi connectivity index (χ4n) is 1.42. The highest BCUT2D eigenvalue weighted by Crippen LogP contribution is 2.13. The molecule has 7 heteroatoms. The molecular formula is C12H14ClN5O. The van der Waals surface area contributed by atoms with Crippen LogP contribution in [0.3, 0.4) is 0 Å². The molecule has 0 unspecified atom stereocenters. The molecule has 0 spiro atoms. The summed E-state index contributed by atoms with van der Waals surface area (Å²) in [6.07, 6.45) is 0. The number of benzene rings is 1. The van der Waals surface area contributed by atoms with E-state index in [0.717, 1.165) is 5.56 Å². The molecule has 1 heterocycles. The maximum Gasteiger partial charge on any atom is 0.322 e. The fraction of sp³-hybridized carbons (Fsp3) is 0.250. The number of hydrogen-bond acceptors (Lipinski definition) is 6. The van der Waals surface area contributed by atoms with Crippen molar-refractivity contribution in [3.05, 3.63) is 34.9 Å². The molecule has 0 bridgehead atoms. The third kappa shape index (κ3) is 3.69. The highest BCUT2D eigenvalue weighted by Gasteiger charge is 2.05. The van der Waals surface area contributed by atoms with Gasteiger partial charge in [0.15, 0.2) is 0 Å². The average Bonchev–Trinajstić information content (AvgIpc) is 2.46. The lowest BCUT2D eigenvalue weighted by Crippen LogP contribution is -2.08. The van der Waals surface area contributed by atoms with E-state index >= 15 is 0 Å². The largest absolute Gasteiger partial charge is 0.467 e. The van der Waals surface area contributed by atoms with Crippen molar-refractivity contribution in [3.63, 3.8) is 0 Å². The standard InChI is InChI=1S/C12H14ClN5O/c1-14-10-16-11(18-12(17-10)19-2)15-7-8-3-5-9(13)6-4-8/h3-6H,7H2,1-2H3,(H2,14,15,16,17,18). The minimum absolute atomic E-state index is 0.262. The van der Waals surface area contributed by atoms with E-state index in [9.17, 15) is 0 Å². The van der Waals surface area contributed by atoms with Crippen molar-refractivity contribution in [1.29, 1.82) is 0 Å². The van der Waals surface area contributed by atoms with Crippen LogP contribution in [0.5, 0.6) is 6.01 Å². The van der Waals surface area contributed by atoms with Gasteiger partial charge in [-0.05, 0) is 17.7 Å². The molecule has 2 rings (SSSR count). The lowest BCUT2D eigenvalue weighted by molar-refractivity contribution is 0.379. The highest BCUT2D eigenvalue weighted by molar-refractivity contribution is 6.30. The first-order valence-electron chi connectivity index (χ1n) is 5.67. The van der Waals surface area contributed by atoms with Gasteiger partial charge in [0, 0.05) is 18.6 Å². The van der Waals surface area contributed by atoms with E-state index < -0.39 is 0 Å². The Morgan fingerprint density at radius 2 is 1.79 bits per heavy atom. The van der Waals surface area contributed by atoms with Crippen molar-refractivity contribution < 1.29 is 4.74 Å². The minimum atomic E-state index is 0.262. The predicted molar refractivity (Wildman–Crippen MR) is 74.7 cm³/mol. The van der Waals surface area contributed by atoms with Gasteiger partial charge in [-0.25, -0.2) is 0 Å². The molecule has 0 aliphatic heterocycles. The van der Waals surface area contributed by atoms with Crippen molar-refractivity contribution in [3.8, 4) is 6.01 Å². The van der Waals surface area contributed by atoms with E-state index in [4.69, 9.17) is 16.3 Å². The number of halogens is 1. The molecule has 100 valence electrons. The normalized spacial score (nSPS) is 10.1. The third-order valence-electron chi connectivity index (χ3n) is 2.38. The van der Waals surface area contributed by atoms with Crippen LogP contribution in [0.25, 0.3) is 0 Å². The Labute approximate surface area is 116 Å². The molecule has 0 amide bonds. The van der Waals surface area contributed by atoms with Crippen LogP contribution in [0, 0.1) is 0 Å². The first-order valence-corrected chi connectivity index (χ1v) is 6.05. The Hall–Kier alpha value is -2.08. The number of nitrogens with one attached hydrogen (secondary N) is 2. The lowest BCUT2D eigenvalue weighted by Gasteiger charge is -2.07. The molecule has 1 aromatic carbocycles. The smallest absolute Gasteiger partial charge is 0.322 e. The number of methoxy groups -OCH3 is 1. The van der Waals surface area contributed by atoms with Gasteiger partial charge in [0.25, 0.3) is 0 Å². The van der Waals surface area contributed by atoms with Crippen LogP contribution in [0.2, 0.25) is 5.02 Å². The van der Waals surface area contributed by atoms with Gasteiger partial charge in [0.2, 0.25) is 11.9 Å². The molecule has 1 aromatic heterocycles. The van der Waals surface area contributed by atoms with E-state index in [1.54, 1.807) is 7.05 Å². The second-order valence-electron chi connectivity index (χ2n) is 3.70. The number of anilines is 2. The zero-order valence-corrected chi connectivity index (χ0v) is 11.4. The average molecular weight is 280 g/mol. The van der Waals surface area contributed by atoms with Crippen LogP contribution in [0.4, 0.5) is 11.9 Å². The zero-order valence-electron chi connectivity index (χ0n) is 10.6. The van der Waals surface area contributed by atoms with E-state index in [1.165, 1.54) is 7.11 Å². The molecular weight excluding hydrogens is 266 g/mol. The molecule has 6 nitrogen and oxygen atoms in total. The molecule has 0 aliphatic rings. The van der Waals surface area contributed by atoms with Crippen LogP contribution >= 0.6 is 11.6 Å². The summed E-state index contributed by atoms with van der Waals surface area (Å²) in [6.45, 7) is 0.591. The Morgan fingerprint density at radius 3 is 2.42 bits per heavy atom. The molecule has 0 radical (unpaired) electrons. The number of nitrogens with zero attached hydrogens (tertiary/aromatic N) is 3. The Bertz CT molecular complexity index is 524. The van der Waals surface area contributed by atoms with Crippen LogP contribution < -0.4 is 15.4 Å². The quantitative estimate of drug-likeness (QED) is 0.874. The van der Waals surface area contributed by atoms with E-state index in [-0.39, 0.29) is 6.01 Å². The van der Waals surface area contributed by atoms with Crippen LogP contribution in [0.15, 0.2) is 24.3 Å². The summed E-state index contributed by atoms with van der Waals surface area (Å²) in [7, 11) is 3.25. The van der Waals surface area contributed by atoms with Gasteiger partial charge >= 0.3 is 6.01 Å². The molecule has 0 atom stereocenters. The first kappa shape index (κ1) is 13.4. The van der Waals surface area contributed by atoms with Crippen molar-refractivity contribution in [2.24, 2.45) is 0 Å². The number of ether oxygens (including phenoxy) is 1. The van der Waals surface area contributed by atoms with Crippen LogP contribution in [-0.4, -0.2) is 29.1 Å². The van der Waals surface area contributed by atoms with Crippen LogP contribution in [-0.2, 0) is 6.54 Å². The summed E-state index contributed by atoms with van der Waals surface area (Å²) in [5, 5.41) is 6.66. The second-order valence-corrected chi connectivity index (χ2v) is 4.14. The highest BCUT2D eigenvalue weighted by atomic mass is 35.5. The van der Waals surface area contributed by atoms with Crippen molar-refractivity contribution in [2.75, 3.05) is 24.8 Å². The minimum Gasteiger partial charge on any atom is -0.467 e. The van der Waals surface area contributed by atoms with Crippen molar-refractivity contribution in [2.45, 2.75) is 6.54 Å². The SMILES string of the molecule is CNc1nc(NCc2ccc(Cl)cc2)nc(OC)n1. The topological polar surface area (TPSA) is 72.0 Å². The molecule has 19 heavy (non-hydrogen) atoms. The maximum absolute atomic E-state index is 5.83. The third-order valence-corrected chi connectivity index (χ3v) is 2.64. The van der Waals surface area contributed by atoms with Crippen molar-refractivity contribution >= 4 is 23.5 Å². The predicted octanol–water partition coefficient (Wildman–Crippen LogP) is 2.19. The fourth-order valence-corrected chi connectivity index (χ4v) is 1.55. The second kappa shape index (κ2) is 6.19. The summed E-state index contributed by atoms with van der Waals surface area (Å²) in [6, 6.07) is 7.81. The summed E-state index contributed by atoms with van der Waals surface area (Å²) in [5.74, 6) is 0.900. The van der Waals surface area contributed by atoms with Gasteiger partial charge < -0.3 is 15.4 Å². The van der Waals surface area contributed by atoms with Gasteiger partial charge in [-0.1, -0.05) is 23.7 Å². The van der Waals surface area contributed by atoms with Gasteiger partial charge in [0.1, 0.15) is 0 Å². The lowest BCUT2D eigenvalue weighted by atomic mass is 10.2. The number of aromatic nitrogens is 3. The summed E-state index contributed by atoms with van der Waals surface area (Å²) < 4.78 is 5.01. The van der Waals surface area contributed by atoms with Gasteiger partial charge in [-0.2, -0.15) is 15.0 Å². The summed E-state index contributed by atoms with van der Waals surface area (Å²) in [5.41, 5.74) is 1.08. The Kier molecular flexibility index (Phi) is 4.35. The van der Waals surface area contributed by atoms with Gasteiger partial charge in [0.05, 0.1) is 7.11 Å². The van der Waals surface area contributed by atoms with Gasteiger partial charge in [-0.15, -0.1) is 0 Å². The van der Waals surface area contributed by atoms with E-state index in [2.05, 4.69) is 25.6 Å². The van der Waals surface area contributed by atoms with Crippen molar-refractivity contribution in [1.82, 2.24) is 15.0 Å². The number of hydrogen-bond donors (Lipinski definition) is 2. The zero-order chi connectivity index (χ0) is 13.7. The Balaban J connectivity index is 2.08. The summed E-state index contributed by atoms with van der Waals surface area (Å²) >= 11 is 5.83. The van der Waals surface area contributed by atoms with Gasteiger partial charge in [-0.3, -0.25) is 0 Å². The molecule has 0 saturated carbocycles. The van der Waals surface area contributed by atoms with E-state index in [0.29, 0.717) is 23.5 Å². The molecule has 2 aromatic rings. The Morgan fingerprint density at radius 1 is 1.11 bits per heavy atom. The molecule has 0 saturated heterocycles. The number of rotatable bonds is 5. The maximum atomic E-state index is 5.83. The molecule has 0 aliphatic carbocycles. The van der Waals surface area contributed by atoms with E-state index in [1.807, 2.05) is 24.3 Å².